The Balaban J connectivity index is 1.75. The molecule has 0 aliphatic heterocycles. The lowest BCUT2D eigenvalue weighted by Gasteiger charge is -2.15. The van der Waals surface area contributed by atoms with E-state index in [1.165, 1.54) is 24.3 Å². The van der Waals surface area contributed by atoms with E-state index in [1.807, 2.05) is 6.07 Å². The van der Waals surface area contributed by atoms with Crippen LogP contribution in [0.25, 0.3) is 11.1 Å². The van der Waals surface area contributed by atoms with Gasteiger partial charge in [-0.3, -0.25) is 14.2 Å². The van der Waals surface area contributed by atoms with Gasteiger partial charge in [-0.2, -0.15) is 28.8 Å². The molecular formula is C24H12ClF3N6O3. The summed E-state index contributed by atoms with van der Waals surface area (Å²) < 4.78 is 46.9. The van der Waals surface area contributed by atoms with E-state index in [1.54, 1.807) is 18.2 Å². The predicted octanol–water partition coefficient (Wildman–Crippen LogP) is 4.25. The van der Waals surface area contributed by atoms with Gasteiger partial charge in [-0.15, -0.1) is 0 Å². The van der Waals surface area contributed by atoms with Crippen molar-refractivity contribution in [3.63, 3.8) is 0 Å². The molecule has 1 N–H and O–H groups in total. The van der Waals surface area contributed by atoms with Crippen LogP contribution in [-0.4, -0.2) is 19.7 Å². The largest absolute Gasteiger partial charge is 0.449 e. The predicted molar refractivity (Wildman–Crippen MR) is 124 cm³/mol. The topological polar surface area (TPSA) is 137 Å². The van der Waals surface area contributed by atoms with Gasteiger partial charge in [0.25, 0.3) is 11.1 Å². The van der Waals surface area contributed by atoms with Crippen LogP contribution in [0.15, 0.2) is 64.4 Å². The van der Waals surface area contributed by atoms with Gasteiger partial charge in [0.2, 0.25) is 5.75 Å². The van der Waals surface area contributed by atoms with Crippen LogP contribution < -0.4 is 15.9 Å². The van der Waals surface area contributed by atoms with Crippen molar-refractivity contribution in [2.45, 2.75) is 12.7 Å². The Morgan fingerprint density at radius 3 is 2.38 bits per heavy atom. The van der Waals surface area contributed by atoms with Crippen molar-refractivity contribution in [1.29, 1.82) is 10.5 Å². The zero-order chi connectivity index (χ0) is 26.7. The minimum Gasteiger partial charge on any atom is -0.449 e. The molecular weight excluding hydrogens is 513 g/mol. The first-order valence-electron chi connectivity index (χ1n) is 10.2. The number of aromatic nitrogens is 4. The summed E-state index contributed by atoms with van der Waals surface area (Å²) in [5.74, 6) is -1.39. The normalized spacial score (nSPS) is 11.0. The third-order valence-corrected chi connectivity index (χ3v) is 5.22. The van der Waals surface area contributed by atoms with Gasteiger partial charge in [-0.1, -0.05) is 23.7 Å². The van der Waals surface area contributed by atoms with Crippen LogP contribution >= 0.6 is 11.6 Å². The number of aromatic amines is 1. The van der Waals surface area contributed by atoms with Gasteiger partial charge in [-0.25, -0.2) is 10.1 Å². The second-order valence-corrected chi connectivity index (χ2v) is 7.97. The zero-order valence-electron chi connectivity index (χ0n) is 18.4. The van der Waals surface area contributed by atoms with E-state index >= 15 is 0 Å². The molecule has 0 spiro atoms. The maximum atomic E-state index is 13.6. The van der Waals surface area contributed by atoms with Gasteiger partial charge in [0.05, 0.1) is 47.4 Å². The smallest absolute Gasteiger partial charge is 0.437 e. The molecule has 9 nitrogen and oxygen atoms in total. The highest BCUT2D eigenvalue weighted by Crippen LogP contribution is 2.35. The number of ether oxygens (including phenoxy) is 1. The zero-order valence-corrected chi connectivity index (χ0v) is 19.1. The fraction of sp³-hybridized carbons (Fsp3) is 0.0833. The first-order valence-corrected chi connectivity index (χ1v) is 10.6. The van der Waals surface area contributed by atoms with Crippen molar-refractivity contribution in [2.24, 2.45) is 0 Å². The molecule has 0 aliphatic rings. The van der Waals surface area contributed by atoms with Crippen LogP contribution in [0, 0.1) is 22.7 Å². The second kappa shape index (κ2) is 9.97. The molecule has 0 saturated heterocycles. The lowest BCUT2D eigenvalue weighted by molar-refractivity contribution is -0.142. The molecule has 4 aromatic rings. The van der Waals surface area contributed by atoms with E-state index < -0.39 is 28.7 Å². The van der Waals surface area contributed by atoms with Gasteiger partial charge >= 0.3 is 6.18 Å². The Morgan fingerprint density at radius 2 is 1.73 bits per heavy atom. The van der Waals surface area contributed by atoms with E-state index in [2.05, 4.69) is 15.2 Å². The second-order valence-electron chi connectivity index (χ2n) is 7.53. The molecule has 0 bridgehead atoms. The number of halogens is 4. The number of hydrogen-bond acceptors (Lipinski definition) is 7. The number of alkyl halides is 3. The summed E-state index contributed by atoms with van der Waals surface area (Å²) >= 11 is 5.89. The van der Waals surface area contributed by atoms with Crippen molar-refractivity contribution in [1.82, 2.24) is 19.7 Å². The molecule has 13 heteroatoms. The maximum Gasteiger partial charge on any atom is 0.437 e. The van der Waals surface area contributed by atoms with Crippen molar-refractivity contribution in [3.8, 4) is 34.8 Å². The SMILES string of the molecule is N#Cc1ccc(-c2cc(Cn3cnc(C(F)(F)F)c(Oc4cc(Cl)cc(C#N)c4)c3=O)n[nH]c2=O)cc1. The number of hydrogen-bond donors (Lipinski definition) is 1. The van der Waals surface area contributed by atoms with Crippen LogP contribution in [0.1, 0.15) is 22.5 Å². The molecule has 4 rings (SSSR count). The van der Waals surface area contributed by atoms with Gasteiger partial charge in [0, 0.05) is 5.02 Å². The number of nitriles is 2. The van der Waals surface area contributed by atoms with Crippen molar-refractivity contribution >= 4 is 11.6 Å². The lowest BCUT2D eigenvalue weighted by atomic mass is 10.1. The fourth-order valence-corrected chi connectivity index (χ4v) is 3.55. The highest BCUT2D eigenvalue weighted by Gasteiger charge is 2.38. The fourth-order valence-electron chi connectivity index (χ4n) is 3.32. The molecule has 184 valence electrons. The Morgan fingerprint density at radius 1 is 1.03 bits per heavy atom. The monoisotopic (exact) mass is 524 g/mol. The number of rotatable bonds is 5. The van der Waals surface area contributed by atoms with E-state index in [-0.39, 0.29) is 34.1 Å². The molecule has 0 atom stereocenters. The maximum absolute atomic E-state index is 13.6. The van der Waals surface area contributed by atoms with Crippen molar-refractivity contribution in [2.75, 3.05) is 0 Å². The molecule has 0 saturated carbocycles. The van der Waals surface area contributed by atoms with Gasteiger partial charge in [-0.05, 0) is 42.0 Å². The van der Waals surface area contributed by atoms with Gasteiger partial charge < -0.3 is 4.74 Å². The lowest BCUT2D eigenvalue weighted by Crippen LogP contribution is -2.27. The van der Waals surface area contributed by atoms with Gasteiger partial charge in [0.15, 0.2) is 5.69 Å². The number of nitrogens with zero attached hydrogens (tertiary/aromatic N) is 5. The Bertz CT molecular complexity index is 1700. The standard InChI is InChI=1S/C24H12ClF3N6O3/c25-16-5-14(10-30)6-18(7-16)37-20-21(24(26,27)28)31-12-34(23(20)36)11-17-8-19(22(35)33-32-17)15-3-1-13(9-29)2-4-15/h1-8,12H,11H2,(H,33,35). The van der Waals surface area contributed by atoms with E-state index in [0.29, 0.717) is 17.5 Å². The highest BCUT2D eigenvalue weighted by molar-refractivity contribution is 6.30. The summed E-state index contributed by atoms with van der Waals surface area (Å²) in [5.41, 5.74) is -2.16. The highest BCUT2D eigenvalue weighted by atomic mass is 35.5. The first-order chi connectivity index (χ1) is 17.6. The quantitative estimate of drug-likeness (QED) is 0.412. The minimum atomic E-state index is -5.02. The number of nitrogens with one attached hydrogen (secondary N) is 1. The Hall–Kier alpha value is -4.94. The van der Waals surface area contributed by atoms with Crippen LogP contribution in [0.5, 0.6) is 11.5 Å². The molecule has 0 amide bonds. The van der Waals surface area contributed by atoms with Crippen molar-refractivity contribution < 1.29 is 17.9 Å². The van der Waals surface area contributed by atoms with Crippen LogP contribution in [-0.2, 0) is 12.7 Å². The molecule has 37 heavy (non-hydrogen) atoms. The summed E-state index contributed by atoms with van der Waals surface area (Å²) in [7, 11) is 0. The van der Waals surface area contributed by atoms with Crippen LogP contribution in [0.3, 0.4) is 0 Å². The third kappa shape index (κ3) is 5.50. The summed E-state index contributed by atoms with van der Waals surface area (Å²) in [6.45, 7) is -0.362. The molecule has 0 unspecified atom stereocenters. The van der Waals surface area contributed by atoms with Crippen LogP contribution in [0.2, 0.25) is 5.02 Å². The first kappa shape index (κ1) is 25.2. The Kier molecular flexibility index (Phi) is 6.78. The Labute approximate surface area is 210 Å². The summed E-state index contributed by atoms with van der Waals surface area (Å²) in [4.78, 5) is 28.7. The molecule has 2 heterocycles. The minimum absolute atomic E-state index is 0.00745. The summed E-state index contributed by atoms with van der Waals surface area (Å²) in [6, 6.07) is 14.8. The third-order valence-electron chi connectivity index (χ3n) is 5.00. The summed E-state index contributed by atoms with van der Waals surface area (Å²) in [6.07, 6.45) is -4.34. The molecule has 2 aromatic carbocycles. The van der Waals surface area contributed by atoms with E-state index in [4.69, 9.17) is 26.9 Å². The molecule has 0 aliphatic carbocycles. The average molecular weight is 525 g/mol. The molecule has 2 aromatic heterocycles. The van der Waals surface area contributed by atoms with Gasteiger partial charge in [0.1, 0.15) is 5.75 Å². The average Bonchev–Trinajstić information content (AvgIpc) is 2.86. The van der Waals surface area contributed by atoms with Crippen molar-refractivity contribution in [3.05, 3.63) is 103 Å². The number of H-pyrrole nitrogens is 1. The van der Waals surface area contributed by atoms with Crippen LogP contribution in [0.4, 0.5) is 13.2 Å². The molecule has 0 radical (unpaired) electrons. The van der Waals surface area contributed by atoms with E-state index in [9.17, 15) is 22.8 Å². The summed E-state index contributed by atoms with van der Waals surface area (Å²) in [5, 5.41) is 24.2. The van der Waals surface area contributed by atoms with E-state index in [0.717, 1.165) is 16.7 Å². The number of benzene rings is 2. The molecule has 0 fully saturated rings.